The van der Waals surface area contributed by atoms with E-state index in [1.165, 1.54) is 5.56 Å². The van der Waals surface area contributed by atoms with Crippen molar-refractivity contribution in [1.29, 1.82) is 0 Å². The number of benzene rings is 1. The molecule has 0 fully saturated rings. The molecule has 0 aliphatic carbocycles. The Bertz CT molecular complexity index is 539. The third kappa shape index (κ3) is 5.95. The van der Waals surface area contributed by atoms with Crippen molar-refractivity contribution in [3.05, 3.63) is 23.8 Å². The lowest BCUT2D eigenvalue weighted by molar-refractivity contribution is 0.353. The summed E-state index contributed by atoms with van der Waals surface area (Å²) in [5, 5.41) is 6.77. The van der Waals surface area contributed by atoms with Crippen LogP contribution in [0.1, 0.15) is 39.7 Å². The summed E-state index contributed by atoms with van der Waals surface area (Å²) >= 11 is 0. The predicted molar refractivity (Wildman–Crippen MR) is 101 cm³/mol. The van der Waals surface area contributed by atoms with Crippen LogP contribution < -0.4 is 20.1 Å². The summed E-state index contributed by atoms with van der Waals surface area (Å²) in [4.78, 5) is 4.29. The SMILES string of the molecule is CN=C(NCCC(C)C)NCC(C)(C)c1ccc(OC)c(OC)c1. The van der Waals surface area contributed by atoms with Gasteiger partial charge >= 0.3 is 0 Å². The monoisotopic (exact) mass is 335 g/mol. The van der Waals surface area contributed by atoms with Gasteiger partial charge in [0.2, 0.25) is 0 Å². The number of ether oxygens (including phenoxy) is 2. The number of guanidine groups is 1. The highest BCUT2D eigenvalue weighted by Crippen LogP contribution is 2.32. The molecule has 0 spiro atoms. The average molecular weight is 335 g/mol. The van der Waals surface area contributed by atoms with Crippen LogP contribution in [0, 0.1) is 5.92 Å². The molecule has 0 aliphatic rings. The van der Waals surface area contributed by atoms with Gasteiger partial charge < -0.3 is 20.1 Å². The zero-order valence-electron chi connectivity index (χ0n) is 16.2. The highest BCUT2D eigenvalue weighted by molar-refractivity contribution is 5.79. The summed E-state index contributed by atoms with van der Waals surface area (Å²) in [5.41, 5.74) is 1.11. The van der Waals surface area contributed by atoms with Crippen LogP contribution in [0.5, 0.6) is 11.5 Å². The topological polar surface area (TPSA) is 54.9 Å². The largest absolute Gasteiger partial charge is 0.493 e. The Morgan fingerprint density at radius 2 is 1.79 bits per heavy atom. The third-order valence-corrected chi connectivity index (χ3v) is 4.10. The molecule has 2 N–H and O–H groups in total. The maximum Gasteiger partial charge on any atom is 0.191 e. The summed E-state index contributed by atoms with van der Waals surface area (Å²) in [6.07, 6.45) is 1.12. The third-order valence-electron chi connectivity index (χ3n) is 4.10. The first kappa shape index (κ1) is 20.1. The molecule has 24 heavy (non-hydrogen) atoms. The van der Waals surface area contributed by atoms with Gasteiger partial charge in [-0.1, -0.05) is 33.8 Å². The van der Waals surface area contributed by atoms with Crippen LogP contribution in [0.4, 0.5) is 0 Å². The fraction of sp³-hybridized carbons (Fsp3) is 0.632. The van der Waals surface area contributed by atoms with Crippen molar-refractivity contribution >= 4 is 5.96 Å². The Morgan fingerprint density at radius 3 is 2.33 bits per heavy atom. The van der Waals surface area contributed by atoms with Gasteiger partial charge in [0.05, 0.1) is 14.2 Å². The first-order valence-electron chi connectivity index (χ1n) is 8.51. The maximum absolute atomic E-state index is 5.41. The van der Waals surface area contributed by atoms with E-state index in [4.69, 9.17) is 9.47 Å². The minimum Gasteiger partial charge on any atom is -0.493 e. The van der Waals surface area contributed by atoms with Crippen LogP contribution in [0.2, 0.25) is 0 Å². The molecule has 0 saturated heterocycles. The summed E-state index contributed by atoms with van der Waals surface area (Å²) in [5.74, 6) is 3.02. The van der Waals surface area contributed by atoms with E-state index < -0.39 is 0 Å². The van der Waals surface area contributed by atoms with E-state index in [2.05, 4.69) is 49.4 Å². The second kappa shape index (κ2) is 9.40. The number of nitrogens with one attached hydrogen (secondary N) is 2. The molecule has 0 unspecified atom stereocenters. The molecule has 5 nitrogen and oxygen atoms in total. The van der Waals surface area contributed by atoms with Crippen LogP contribution in [-0.2, 0) is 5.41 Å². The Balaban J connectivity index is 2.71. The van der Waals surface area contributed by atoms with Gasteiger partial charge in [-0.05, 0) is 30.0 Å². The van der Waals surface area contributed by atoms with Gasteiger partial charge in [-0.25, -0.2) is 0 Å². The van der Waals surface area contributed by atoms with E-state index in [9.17, 15) is 0 Å². The number of hydrogen-bond donors (Lipinski definition) is 2. The molecule has 1 rings (SSSR count). The quantitative estimate of drug-likeness (QED) is 0.566. The molecule has 0 radical (unpaired) electrons. The summed E-state index contributed by atoms with van der Waals surface area (Å²) < 4.78 is 10.7. The summed E-state index contributed by atoms with van der Waals surface area (Å²) in [6, 6.07) is 6.07. The van der Waals surface area contributed by atoms with Crippen LogP contribution in [0.3, 0.4) is 0 Å². The highest BCUT2D eigenvalue weighted by Gasteiger charge is 2.22. The molecule has 5 heteroatoms. The lowest BCUT2D eigenvalue weighted by Gasteiger charge is -2.27. The number of aliphatic imine (C=N–C) groups is 1. The lowest BCUT2D eigenvalue weighted by atomic mass is 9.84. The number of methoxy groups -OCH3 is 2. The Labute approximate surface area is 146 Å². The molecule has 0 aliphatic heterocycles. The normalized spacial score (nSPS) is 12.2. The van der Waals surface area contributed by atoms with Gasteiger partial charge in [-0.2, -0.15) is 0 Å². The fourth-order valence-electron chi connectivity index (χ4n) is 2.36. The molecule has 0 bridgehead atoms. The van der Waals surface area contributed by atoms with E-state index >= 15 is 0 Å². The smallest absolute Gasteiger partial charge is 0.191 e. The molecular weight excluding hydrogens is 302 g/mol. The van der Waals surface area contributed by atoms with Crippen molar-refractivity contribution in [3.63, 3.8) is 0 Å². The minimum absolute atomic E-state index is 0.0742. The fourth-order valence-corrected chi connectivity index (χ4v) is 2.36. The predicted octanol–water partition coefficient (Wildman–Crippen LogP) is 3.19. The Morgan fingerprint density at radius 1 is 1.12 bits per heavy atom. The zero-order valence-corrected chi connectivity index (χ0v) is 16.2. The second-order valence-electron chi connectivity index (χ2n) is 6.99. The Kier molecular flexibility index (Phi) is 7.89. The van der Waals surface area contributed by atoms with Gasteiger partial charge in [0.1, 0.15) is 0 Å². The summed E-state index contributed by atoms with van der Waals surface area (Å²) in [7, 11) is 5.11. The van der Waals surface area contributed by atoms with Gasteiger partial charge in [0.15, 0.2) is 17.5 Å². The van der Waals surface area contributed by atoms with Gasteiger partial charge in [0.25, 0.3) is 0 Å². The highest BCUT2D eigenvalue weighted by atomic mass is 16.5. The van der Waals surface area contributed by atoms with Gasteiger partial charge in [-0.3, -0.25) is 4.99 Å². The zero-order chi connectivity index (χ0) is 18.2. The van der Waals surface area contributed by atoms with E-state index in [1.54, 1.807) is 21.3 Å². The van der Waals surface area contributed by atoms with Crippen LogP contribution in [-0.4, -0.2) is 40.3 Å². The maximum atomic E-state index is 5.41. The van der Waals surface area contributed by atoms with Crippen LogP contribution in [0.15, 0.2) is 23.2 Å². The minimum atomic E-state index is -0.0742. The number of nitrogens with zero attached hydrogens (tertiary/aromatic N) is 1. The standard InChI is InChI=1S/C19H33N3O2/c1-14(2)10-11-21-18(20-5)22-13-19(3,4)15-8-9-16(23-6)17(12-15)24-7/h8-9,12,14H,10-11,13H2,1-7H3,(H2,20,21,22). The Hall–Kier alpha value is -1.91. The molecular formula is C19H33N3O2. The van der Waals surface area contributed by atoms with E-state index in [0.717, 1.165) is 37.0 Å². The van der Waals surface area contributed by atoms with Crippen LogP contribution >= 0.6 is 0 Å². The van der Waals surface area contributed by atoms with Crippen molar-refractivity contribution in [3.8, 4) is 11.5 Å². The van der Waals surface area contributed by atoms with E-state index in [1.807, 2.05) is 12.1 Å². The van der Waals surface area contributed by atoms with Gasteiger partial charge in [-0.15, -0.1) is 0 Å². The molecule has 1 aromatic rings. The van der Waals surface area contributed by atoms with Crippen molar-refractivity contribution in [2.24, 2.45) is 10.9 Å². The molecule has 0 amide bonds. The van der Waals surface area contributed by atoms with E-state index in [-0.39, 0.29) is 5.41 Å². The van der Waals surface area contributed by atoms with Crippen molar-refractivity contribution in [1.82, 2.24) is 10.6 Å². The molecule has 0 heterocycles. The van der Waals surface area contributed by atoms with E-state index in [0.29, 0.717) is 5.92 Å². The van der Waals surface area contributed by atoms with Crippen molar-refractivity contribution in [2.45, 2.75) is 39.5 Å². The molecule has 1 aromatic carbocycles. The number of hydrogen-bond acceptors (Lipinski definition) is 3. The first-order valence-corrected chi connectivity index (χ1v) is 8.51. The molecule has 0 aromatic heterocycles. The van der Waals surface area contributed by atoms with Crippen molar-refractivity contribution < 1.29 is 9.47 Å². The number of rotatable bonds is 8. The molecule has 136 valence electrons. The van der Waals surface area contributed by atoms with Crippen LogP contribution in [0.25, 0.3) is 0 Å². The molecule has 0 atom stereocenters. The van der Waals surface area contributed by atoms with Gasteiger partial charge in [0, 0.05) is 25.6 Å². The van der Waals surface area contributed by atoms with Crippen molar-refractivity contribution in [2.75, 3.05) is 34.4 Å². The summed E-state index contributed by atoms with van der Waals surface area (Å²) in [6.45, 7) is 10.5. The second-order valence-corrected chi connectivity index (χ2v) is 6.99. The lowest BCUT2D eigenvalue weighted by Crippen LogP contribution is -2.43. The first-order chi connectivity index (χ1) is 11.3. The average Bonchev–Trinajstić information content (AvgIpc) is 2.56. The molecule has 0 saturated carbocycles.